The third-order valence-electron chi connectivity index (χ3n) is 4.39. The van der Waals surface area contributed by atoms with Crippen LogP contribution in [0, 0.1) is 5.82 Å². The maximum Gasteiger partial charge on any atom is 0.276 e. The predicted octanol–water partition coefficient (Wildman–Crippen LogP) is 5.57. The molecule has 0 unspecified atom stereocenters. The highest BCUT2D eigenvalue weighted by Crippen LogP contribution is 2.24. The Labute approximate surface area is 171 Å². The van der Waals surface area contributed by atoms with E-state index in [9.17, 15) is 9.18 Å². The third-order valence-corrected chi connectivity index (χ3v) is 4.64. The molecule has 0 atom stereocenters. The van der Waals surface area contributed by atoms with Crippen LogP contribution in [0.2, 0.25) is 5.02 Å². The van der Waals surface area contributed by atoms with Gasteiger partial charge in [0, 0.05) is 28.8 Å². The molecular formula is C22H16ClFN2O3. The standard InChI is InChI=1S/C22H16ClFN2O3/c23-17-9-7-15(8-10-17)21-12-20(25-29-21)22(27)26(14-18-5-3-11-28-18)13-16-4-1-2-6-19(16)24/h1-12H,13-14H2. The lowest BCUT2D eigenvalue weighted by molar-refractivity contribution is 0.0705. The second-order valence-electron chi connectivity index (χ2n) is 6.42. The maximum atomic E-state index is 14.1. The molecule has 4 aromatic rings. The third kappa shape index (κ3) is 4.38. The number of rotatable bonds is 6. The first-order chi connectivity index (χ1) is 14.1. The van der Waals surface area contributed by atoms with Crippen LogP contribution in [0.4, 0.5) is 4.39 Å². The Balaban J connectivity index is 1.60. The van der Waals surface area contributed by atoms with Crippen LogP contribution in [-0.4, -0.2) is 16.0 Å². The molecule has 2 aromatic heterocycles. The summed E-state index contributed by atoms with van der Waals surface area (Å²) in [5, 5.41) is 4.50. The first kappa shape index (κ1) is 19.0. The summed E-state index contributed by atoms with van der Waals surface area (Å²) >= 11 is 5.91. The summed E-state index contributed by atoms with van der Waals surface area (Å²) in [5.41, 5.74) is 1.26. The van der Waals surface area contributed by atoms with E-state index < -0.39 is 5.91 Å². The summed E-state index contributed by atoms with van der Waals surface area (Å²) in [6, 6.07) is 18.4. The van der Waals surface area contributed by atoms with Gasteiger partial charge in [-0.15, -0.1) is 0 Å². The molecule has 0 saturated heterocycles. The molecule has 0 aliphatic heterocycles. The van der Waals surface area contributed by atoms with Crippen molar-refractivity contribution in [3.63, 3.8) is 0 Å². The minimum Gasteiger partial charge on any atom is -0.467 e. The number of furan rings is 1. The molecule has 0 bridgehead atoms. The van der Waals surface area contributed by atoms with Gasteiger partial charge in [-0.25, -0.2) is 4.39 Å². The van der Waals surface area contributed by atoms with E-state index in [1.54, 1.807) is 60.7 Å². The van der Waals surface area contributed by atoms with Crippen molar-refractivity contribution >= 4 is 17.5 Å². The van der Waals surface area contributed by atoms with Crippen molar-refractivity contribution < 1.29 is 18.1 Å². The van der Waals surface area contributed by atoms with Crippen molar-refractivity contribution in [2.75, 3.05) is 0 Å². The van der Waals surface area contributed by atoms with E-state index in [1.165, 1.54) is 17.2 Å². The van der Waals surface area contributed by atoms with Crippen molar-refractivity contribution in [2.24, 2.45) is 0 Å². The van der Waals surface area contributed by atoms with Crippen LogP contribution in [0.15, 0.2) is 81.9 Å². The number of halogens is 2. The van der Waals surface area contributed by atoms with Gasteiger partial charge >= 0.3 is 0 Å². The summed E-state index contributed by atoms with van der Waals surface area (Å²) in [6.07, 6.45) is 1.52. The molecule has 29 heavy (non-hydrogen) atoms. The molecule has 0 fully saturated rings. The number of carbonyl (C=O) groups excluding carboxylic acids is 1. The smallest absolute Gasteiger partial charge is 0.276 e. The fraction of sp³-hybridized carbons (Fsp3) is 0.0909. The first-order valence-electron chi connectivity index (χ1n) is 8.88. The van der Waals surface area contributed by atoms with Gasteiger partial charge in [-0.1, -0.05) is 35.0 Å². The lowest BCUT2D eigenvalue weighted by Gasteiger charge is -2.21. The molecule has 1 amide bonds. The van der Waals surface area contributed by atoms with E-state index in [0.717, 1.165) is 5.56 Å². The Morgan fingerprint density at radius 2 is 1.83 bits per heavy atom. The van der Waals surface area contributed by atoms with Gasteiger partial charge in [-0.05, 0) is 42.5 Å². The van der Waals surface area contributed by atoms with Crippen molar-refractivity contribution in [1.29, 1.82) is 0 Å². The van der Waals surface area contributed by atoms with E-state index in [0.29, 0.717) is 22.1 Å². The molecule has 7 heteroatoms. The minimum absolute atomic E-state index is 0.0648. The molecule has 5 nitrogen and oxygen atoms in total. The molecule has 0 saturated carbocycles. The van der Waals surface area contributed by atoms with Gasteiger partial charge in [0.15, 0.2) is 11.5 Å². The number of nitrogens with zero attached hydrogens (tertiary/aromatic N) is 2. The lowest BCUT2D eigenvalue weighted by atomic mass is 10.1. The monoisotopic (exact) mass is 410 g/mol. The Morgan fingerprint density at radius 3 is 2.55 bits per heavy atom. The van der Waals surface area contributed by atoms with E-state index in [1.807, 2.05) is 0 Å². The second-order valence-corrected chi connectivity index (χ2v) is 6.85. The van der Waals surface area contributed by atoms with E-state index in [-0.39, 0.29) is 24.6 Å². The normalized spacial score (nSPS) is 10.8. The average Bonchev–Trinajstić information content (AvgIpc) is 3.41. The number of hydrogen-bond acceptors (Lipinski definition) is 4. The molecule has 2 heterocycles. The van der Waals surface area contributed by atoms with Gasteiger partial charge in [-0.2, -0.15) is 0 Å². The zero-order valence-electron chi connectivity index (χ0n) is 15.2. The van der Waals surface area contributed by atoms with Crippen molar-refractivity contribution in [3.8, 4) is 11.3 Å². The Hall–Kier alpha value is -3.38. The average molecular weight is 411 g/mol. The van der Waals surface area contributed by atoms with Gasteiger partial charge in [0.05, 0.1) is 12.8 Å². The maximum absolute atomic E-state index is 14.1. The van der Waals surface area contributed by atoms with E-state index in [4.69, 9.17) is 20.5 Å². The van der Waals surface area contributed by atoms with Crippen LogP contribution >= 0.6 is 11.6 Å². The Kier molecular flexibility index (Phi) is 5.44. The van der Waals surface area contributed by atoms with Gasteiger partial charge in [0.2, 0.25) is 0 Å². The molecule has 0 radical (unpaired) electrons. The summed E-state index contributed by atoms with van der Waals surface area (Å²) in [7, 11) is 0. The summed E-state index contributed by atoms with van der Waals surface area (Å²) in [5.74, 6) is 0.241. The fourth-order valence-corrected chi connectivity index (χ4v) is 3.04. The molecule has 0 aliphatic carbocycles. The number of aromatic nitrogens is 1. The second kappa shape index (κ2) is 8.32. The van der Waals surface area contributed by atoms with Crippen LogP contribution in [0.1, 0.15) is 21.8 Å². The zero-order valence-corrected chi connectivity index (χ0v) is 16.0. The molecular weight excluding hydrogens is 395 g/mol. The summed E-state index contributed by atoms with van der Waals surface area (Å²) < 4.78 is 24.8. The number of amides is 1. The molecule has 0 N–H and O–H groups in total. The van der Waals surface area contributed by atoms with Crippen molar-refractivity contribution in [2.45, 2.75) is 13.1 Å². The number of hydrogen-bond donors (Lipinski definition) is 0. The van der Waals surface area contributed by atoms with Gasteiger partial charge < -0.3 is 13.8 Å². The Morgan fingerprint density at radius 1 is 1.03 bits per heavy atom. The van der Waals surface area contributed by atoms with Crippen molar-refractivity contribution in [3.05, 3.63) is 101 Å². The molecule has 146 valence electrons. The SMILES string of the molecule is O=C(c1cc(-c2ccc(Cl)cc2)on1)N(Cc1ccco1)Cc1ccccc1F. The zero-order chi connectivity index (χ0) is 20.2. The van der Waals surface area contributed by atoms with Crippen LogP contribution in [0.25, 0.3) is 11.3 Å². The lowest BCUT2D eigenvalue weighted by Crippen LogP contribution is -2.30. The predicted molar refractivity (Wildman–Crippen MR) is 106 cm³/mol. The van der Waals surface area contributed by atoms with Crippen molar-refractivity contribution in [1.82, 2.24) is 10.1 Å². The van der Waals surface area contributed by atoms with Gasteiger partial charge in [0.1, 0.15) is 11.6 Å². The van der Waals surface area contributed by atoms with Crippen LogP contribution in [0.3, 0.4) is 0 Å². The van der Waals surface area contributed by atoms with E-state index >= 15 is 0 Å². The highest BCUT2D eigenvalue weighted by atomic mass is 35.5. The molecule has 0 aliphatic rings. The van der Waals surface area contributed by atoms with Gasteiger partial charge in [-0.3, -0.25) is 4.79 Å². The Bertz CT molecular complexity index is 1110. The summed E-state index contributed by atoms with van der Waals surface area (Å²) in [4.78, 5) is 14.6. The fourth-order valence-electron chi connectivity index (χ4n) is 2.91. The highest BCUT2D eigenvalue weighted by molar-refractivity contribution is 6.30. The number of carbonyl (C=O) groups is 1. The quantitative estimate of drug-likeness (QED) is 0.417. The van der Waals surface area contributed by atoms with E-state index in [2.05, 4.69) is 5.16 Å². The highest BCUT2D eigenvalue weighted by Gasteiger charge is 2.23. The molecule has 4 rings (SSSR count). The van der Waals surface area contributed by atoms with Crippen LogP contribution in [0.5, 0.6) is 0 Å². The minimum atomic E-state index is -0.395. The first-order valence-corrected chi connectivity index (χ1v) is 9.25. The largest absolute Gasteiger partial charge is 0.467 e. The van der Waals surface area contributed by atoms with Crippen LogP contribution < -0.4 is 0 Å². The molecule has 0 spiro atoms. The number of benzene rings is 2. The van der Waals surface area contributed by atoms with Crippen LogP contribution in [-0.2, 0) is 13.1 Å². The molecule has 2 aromatic carbocycles. The van der Waals surface area contributed by atoms with Gasteiger partial charge in [0.25, 0.3) is 5.91 Å². The summed E-state index contributed by atoms with van der Waals surface area (Å²) in [6.45, 7) is 0.235. The topological polar surface area (TPSA) is 59.5 Å².